The standard InChI is InChI=1S/15H4O7P2.15W/c15*1-8(2,3)7-9(4,5)6;;;;;;;;;;;;;;;/h15*(H2,1,2,3)(H2,4,5,6);;;;;;;;;;;;;;;/p-60. The Bertz CT molecular complexity index is 3510. The van der Waals surface area contributed by atoms with E-state index in [4.69, 9.17) is 0 Å². The molecule has 0 atom stereocenters. The van der Waals surface area contributed by atoms with E-state index in [-0.39, 0.29) is 316 Å². The van der Waals surface area contributed by atoms with E-state index < -0.39 is 235 Å². The third kappa shape index (κ3) is 388. The van der Waals surface area contributed by atoms with E-state index in [1.165, 1.54) is 0 Å². The molecule has 0 rings (SSSR count). The first-order valence-corrected chi connectivity index (χ1v) is 65.7. The molecule has 0 N–H and O–H groups in total. The molecule has 0 aliphatic heterocycles. The summed E-state index contributed by atoms with van der Waals surface area (Å²) < 4.78 is 317. The summed E-state index contributed by atoms with van der Waals surface area (Å²) >= 11 is 0. The second-order valence-corrected chi connectivity index (χ2v) is 51.3. The summed E-state index contributed by atoms with van der Waals surface area (Å²) in [5.41, 5.74) is 0. The summed E-state index contributed by atoms with van der Waals surface area (Å²) in [6, 6.07) is 0. The van der Waals surface area contributed by atoms with Gasteiger partial charge in [0.1, 0.15) is 0 Å². The Morgan fingerprint density at radius 1 is 0.0600 bits per heavy atom. The van der Waals surface area contributed by atoms with Crippen molar-refractivity contribution in [3.63, 3.8) is 0 Å². The second-order valence-electron chi connectivity index (χ2n) is 14.6. The van der Waals surface area contributed by atoms with Gasteiger partial charge in [-0.25, -0.2) is 0 Å². The van der Waals surface area contributed by atoms with Crippen LogP contribution in [0.5, 0.6) is 0 Å². The molecule has 150 heavy (non-hydrogen) atoms. The van der Waals surface area contributed by atoms with Crippen LogP contribution in [0.4, 0.5) is 0 Å². The molecule has 105 nitrogen and oxygen atoms in total. The van der Waals surface area contributed by atoms with Crippen molar-refractivity contribution in [3.05, 3.63) is 0 Å². The molecule has 0 saturated carbocycles. The maximum absolute atomic E-state index is 9.32. The predicted molar refractivity (Wildman–Crippen MR) is 244 cm³/mol. The van der Waals surface area contributed by atoms with E-state index >= 15 is 0 Å². The Kier molecular flexibility index (Phi) is 159. The van der Waals surface area contributed by atoms with Gasteiger partial charge in [0, 0.05) is 316 Å². The smallest absolute Gasteiger partial charge is 0.0655 e. The fourth-order valence-corrected chi connectivity index (χ4v) is 16.5. The van der Waals surface area contributed by atoms with E-state index in [2.05, 4.69) is 64.7 Å². The van der Waals surface area contributed by atoms with Crippen LogP contribution in [0.3, 0.4) is 0 Å². The number of hydrogen-bond donors (Lipinski definition) is 0. The molecule has 0 unspecified atom stereocenters. The number of rotatable bonds is 30. The van der Waals surface area contributed by atoms with Gasteiger partial charge in [0.15, 0.2) is 0 Å². The van der Waals surface area contributed by atoms with Gasteiger partial charge in [-0.05, 0) is 0 Å². The van der Waals surface area contributed by atoms with Crippen LogP contribution >= 0.6 is 235 Å². The molecule has 0 aromatic heterocycles. The van der Waals surface area contributed by atoms with Gasteiger partial charge in [0.2, 0.25) is 0 Å². The van der Waals surface area contributed by atoms with Gasteiger partial charge < -0.3 is 495 Å². The minimum absolute atomic E-state index is 0. The summed E-state index contributed by atoms with van der Waals surface area (Å²) in [6.45, 7) is 0. The van der Waals surface area contributed by atoms with Gasteiger partial charge in [-0.15, -0.1) is 0 Å². The maximum atomic E-state index is 9.32. The van der Waals surface area contributed by atoms with Gasteiger partial charge in [-0.3, -0.25) is 0 Å². The predicted octanol–water partition coefficient (Wildman–Crippen LogP) is -50.1. The quantitative estimate of drug-likeness (QED) is 0.0603. The Morgan fingerprint density at radius 2 is 0.0733 bits per heavy atom. The Morgan fingerprint density at radius 3 is 0.0733 bits per heavy atom. The zero-order chi connectivity index (χ0) is 116. The first kappa shape index (κ1) is 243. The average molecular weight is 5370 g/mol. The third-order valence-electron chi connectivity index (χ3n) is 3.00. The monoisotopic (exact) mass is 5370 g/mol. The maximum Gasteiger partial charge on any atom is 0.0655 e. The number of hydrogen-bond acceptors (Lipinski definition) is 105. The van der Waals surface area contributed by atoms with Crippen LogP contribution in [0.25, 0.3) is 0 Å². The first-order chi connectivity index (χ1) is 55.6. The molecule has 0 amide bonds. The molecule has 0 aliphatic carbocycles. The van der Waals surface area contributed by atoms with Crippen molar-refractivity contribution in [2.45, 2.75) is 0 Å². The van der Waals surface area contributed by atoms with Crippen molar-refractivity contribution < 1.29 is 811 Å². The molecular formula is O105P30W15-60. The molecule has 0 radical (unpaired) electrons. The van der Waals surface area contributed by atoms with Gasteiger partial charge in [0.05, 0.1) is 235 Å². The molecule has 930 valence electrons. The summed E-state index contributed by atoms with van der Waals surface area (Å²) in [5.74, 6) is 0. The molecule has 0 spiro atoms. The molecule has 0 aromatic rings. The molecule has 0 aliphatic rings. The summed E-state index contributed by atoms with van der Waals surface area (Å²) in [5, 5.41) is 0. The van der Waals surface area contributed by atoms with Gasteiger partial charge >= 0.3 is 0 Å². The zero-order valence-corrected chi connectivity index (χ0v) is 133. The van der Waals surface area contributed by atoms with Crippen molar-refractivity contribution in [2.75, 3.05) is 0 Å². The van der Waals surface area contributed by atoms with Crippen LogP contribution in [-0.2, 0) is 518 Å². The van der Waals surface area contributed by atoms with Gasteiger partial charge in [-0.1, -0.05) is 0 Å². The SMILES string of the molecule is O=P([O-])([O-])OP(=O)([O-])[O-].O=P([O-])([O-])OP(=O)([O-])[O-].O=P([O-])([O-])OP(=O)([O-])[O-].O=P([O-])([O-])OP(=O)([O-])[O-].O=P([O-])([O-])OP(=O)([O-])[O-].O=P([O-])([O-])OP(=O)([O-])[O-].O=P([O-])([O-])OP(=O)([O-])[O-].O=P([O-])([O-])OP(=O)([O-])[O-].O=P([O-])([O-])OP(=O)([O-])[O-].O=P([O-])([O-])OP(=O)([O-])[O-].O=P([O-])([O-])OP(=O)([O-])[O-].O=P([O-])([O-])OP(=O)([O-])[O-].O=P([O-])([O-])OP(=O)([O-])[O-].O=P([O-])([O-])OP(=O)([O-])[O-].O=P([O-])([O-])OP(=O)([O-])[O-].[W].[W].[W].[W].[W].[W].[W].[W].[W].[W].[W].[W].[W].[W].[W]. The largest absolute Gasteiger partial charge is 0.790 e. The van der Waals surface area contributed by atoms with Gasteiger partial charge in [0.25, 0.3) is 0 Å². The molecule has 0 bridgehead atoms. The fraction of sp³-hybridized carbons (Fsp3) is 0. The number of phosphoric acid groups is 30. The minimum Gasteiger partial charge on any atom is -0.790 e. The Balaban J connectivity index is -0.0000000365. The molecular weight excluding hydrogens is 5370 g/mol. The van der Waals surface area contributed by atoms with Gasteiger partial charge in [-0.2, -0.15) is 0 Å². The molecule has 0 heterocycles. The van der Waals surface area contributed by atoms with Crippen molar-refractivity contribution in [1.29, 1.82) is 0 Å². The molecule has 0 saturated heterocycles. The summed E-state index contributed by atoms with van der Waals surface area (Å²) in [4.78, 5) is 559. The second kappa shape index (κ2) is 98.1. The Hall–Kier alpha value is 14.2. The molecule has 0 fully saturated rings. The normalized spacial score (nSPS) is 12.4. The van der Waals surface area contributed by atoms with Crippen molar-refractivity contribution in [2.24, 2.45) is 0 Å². The molecule has 0 aromatic carbocycles. The summed E-state index contributed by atoms with van der Waals surface area (Å²) in [7, 11) is -170. The summed E-state index contributed by atoms with van der Waals surface area (Å²) in [6.07, 6.45) is 0. The van der Waals surface area contributed by atoms with Crippen LogP contribution in [0, 0.1) is 0 Å². The first-order valence-electron chi connectivity index (χ1n) is 21.9. The fourth-order valence-electron chi connectivity index (χ4n) is 1.84. The van der Waals surface area contributed by atoms with Crippen LogP contribution in [0.2, 0.25) is 0 Å². The van der Waals surface area contributed by atoms with E-state index in [0.717, 1.165) is 0 Å². The van der Waals surface area contributed by atoms with Crippen LogP contribution in [-0.4, -0.2) is 0 Å². The Labute approximate surface area is 1030 Å². The van der Waals surface area contributed by atoms with E-state index in [9.17, 15) is 431 Å². The van der Waals surface area contributed by atoms with Crippen molar-refractivity contribution in [1.82, 2.24) is 0 Å². The van der Waals surface area contributed by atoms with E-state index in [1.54, 1.807) is 0 Å². The van der Waals surface area contributed by atoms with Crippen molar-refractivity contribution >= 4 is 235 Å². The van der Waals surface area contributed by atoms with E-state index in [1.807, 2.05) is 0 Å². The zero-order valence-electron chi connectivity index (χ0n) is 62.4. The van der Waals surface area contributed by atoms with E-state index in [0.29, 0.717) is 0 Å². The van der Waals surface area contributed by atoms with Crippen molar-refractivity contribution in [3.8, 4) is 0 Å². The van der Waals surface area contributed by atoms with Crippen LogP contribution < -0.4 is 294 Å². The molecule has 150 heteroatoms. The average Bonchev–Trinajstić information content (AvgIpc) is 1.02. The van der Waals surface area contributed by atoms with Crippen LogP contribution in [0.15, 0.2) is 0 Å². The van der Waals surface area contributed by atoms with Crippen LogP contribution in [0.1, 0.15) is 0 Å². The topological polar surface area (TPSA) is 2030 Å². The minimum atomic E-state index is -5.68. The third-order valence-corrected chi connectivity index (χ3v) is 27.0.